The average Bonchev–Trinajstić information content (AvgIpc) is 2.47. The number of nitrogens with one attached hydrogen (secondary N) is 1. The molecule has 110 valence electrons. The number of likely N-dealkylation sites (tertiary alicyclic amines) is 1. The van der Waals surface area contributed by atoms with Crippen molar-refractivity contribution in [2.24, 2.45) is 0 Å². The van der Waals surface area contributed by atoms with Gasteiger partial charge in [-0.25, -0.2) is 0 Å². The Balaban J connectivity index is 1.83. The molecule has 0 aromatic heterocycles. The Bertz CT molecular complexity index is 293. The molecule has 1 unspecified atom stereocenters. The third-order valence-corrected chi connectivity index (χ3v) is 4.10. The molecule has 0 aromatic rings. The Labute approximate surface area is 114 Å². The van der Waals surface area contributed by atoms with Crippen molar-refractivity contribution < 1.29 is 14.6 Å². The number of piperidine rings is 1. The minimum absolute atomic E-state index is 0.123. The van der Waals surface area contributed by atoms with Crippen molar-refractivity contribution in [2.45, 2.75) is 24.9 Å². The van der Waals surface area contributed by atoms with Gasteiger partial charge in [0.25, 0.3) is 0 Å². The molecule has 2 rings (SSSR count). The van der Waals surface area contributed by atoms with Crippen LogP contribution in [-0.4, -0.2) is 85.9 Å². The lowest BCUT2D eigenvalue weighted by Gasteiger charge is -2.43. The summed E-state index contributed by atoms with van der Waals surface area (Å²) in [6, 6.07) is 0.595. The maximum atomic E-state index is 11.8. The number of nitrogens with zero attached hydrogens (tertiary/aromatic N) is 2. The van der Waals surface area contributed by atoms with E-state index in [1.54, 1.807) is 7.05 Å². The highest BCUT2D eigenvalue weighted by molar-refractivity contribution is 5.78. The van der Waals surface area contributed by atoms with Crippen molar-refractivity contribution >= 4 is 5.91 Å². The molecule has 0 aromatic carbocycles. The highest BCUT2D eigenvalue weighted by Gasteiger charge is 2.32. The molecule has 0 bridgehead atoms. The van der Waals surface area contributed by atoms with Crippen molar-refractivity contribution in [3.05, 3.63) is 0 Å². The summed E-state index contributed by atoms with van der Waals surface area (Å²) in [5, 5.41) is 12.3. The van der Waals surface area contributed by atoms with Crippen LogP contribution in [0.2, 0.25) is 0 Å². The van der Waals surface area contributed by atoms with Crippen molar-refractivity contribution in [1.29, 1.82) is 0 Å². The molecule has 2 N–H and O–H groups in total. The van der Waals surface area contributed by atoms with Crippen LogP contribution in [0.5, 0.6) is 0 Å². The maximum absolute atomic E-state index is 11.8. The molecule has 0 saturated carbocycles. The molecule has 1 atom stereocenters. The van der Waals surface area contributed by atoms with Gasteiger partial charge in [0.05, 0.1) is 32.4 Å². The number of aliphatic hydroxyl groups is 1. The topological polar surface area (TPSA) is 65.0 Å². The molecule has 0 radical (unpaired) electrons. The second-order valence-corrected chi connectivity index (χ2v) is 5.29. The lowest BCUT2D eigenvalue weighted by Crippen LogP contribution is -2.56. The predicted octanol–water partition coefficient (Wildman–Crippen LogP) is -1.11. The molecule has 19 heavy (non-hydrogen) atoms. The first-order valence-corrected chi connectivity index (χ1v) is 7.13. The first kappa shape index (κ1) is 14.7. The Morgan fingerprint density at radius 1 is 1.37 bits per heavy atom. The van der Waals surface area contributed by atoms with Gasteiger partial charge in [0.2, 0.25) is 5.91 Å². The number of amides is 1. The van der Waals surface area contributed by atoms with Gasteiger partial charge in [-0.2, -0.15) is 0 Å². The van der Waals surface area contributed by atoms with E-state index in [1.165, 1.54) is 0 Å². The van der Waals surface area contributed by atoms with Crippen LogP contribution < -0.4 is 5.32 Å². The quantitative estimate of drug-likeness (QED) is 0.679. The minimum Gasteiger partial charge on any atom is -0.395 e. The minimum atomic E-state index is 0.123. The first-order chi connectivity index (χ1) is 9.26. The smallest absolute Gasteiger partial charge is 0.236 e. The molecule has 6 heteroatoms. The van der Waals surface area contributed by atoms with Crippen molar-refractivity contribution in [2.75, 3.05) is 53.0 Å². The summed E-state index contributed by atoms with van der Waals surface area (Å²) >= 11 is 0. The van der Waals surface area contributed by atoms with Gasteiger partial charge in [-0.05, 0) is 19.9 Å². The van der Waals surface area contributed by atoms with E-state index >= 15 is 0 Å². The Kier molecular flexibility index (Phi) is 5.57. The largest absolute Gasteiger partial charge is 0.395 e. The fraction of sp³-hybridized carbons (Fsp3) is 0.923. The highest BCUT2D eigenvalue weighted by atomic mass is 16.5. The summed E-state index contributed by atoms with van der Waals surface area (Å²) in [6.07, 6.45) is 1.98. The van der Waals surface area contributed by atoms with Crippen LogP contribution in [0.4, 0.5) is 0 Å². The summed E-state index contributed by atoms with van der Waals surface area (Å²) in [6.45, 7) is 4.47. The fourth-order valence-corrected chi connectivity index (χ4v) is 3.02. The number of hydrogen-bond donors (Lipinski definition) is 2. The van der Waals surface area contributed by atoms with E-state index < -0.39 is 0 Å². The molecule has 2 heterocycles. The maximum Gasteiger partial charge on any atom is 0.236 e. The van der Waals surface area contributed by atoms with Crippen LogP contribution in [0.1, 0.15) is 12.8 Å². The summed E-state index contributed by atoms with van der Waals surface area (Å²) in [5.41, 5.74) is 0. The Morgan fingerprint density at radius 3 is 2.74 bits per heavy atom. The lowest BCUT2D eigenvalue weighted by atomic mass is 10.0. The van der Waals surface area contributed by atoms with Crippen LogP contribution >= 0.6 is 0 Å². The summed E-state index contributed by atoms with van der Waals surface area (Å²) < 4.78 is 5.41. The van der Waals surface area contributed by atoms with Gasteiger partial charge in [0.1, 0.15) is 0 Å². The molecule has 2 fully saturated rings. The van der Waals surface area contributed by atoms with Gasteiger partial charge in [-0.1, -0.05) is 0 Å². The van der Waals surface area contributed by atoms with Crippen LogP contribution in [0.3, 0.4) is 0 Å². The van der Waals surface area contributed by atoms with E-state index in [0.717, 1.165) is 39.1 Å². The van der Waals surface area contributed by atoms with Gasteiger partial charge in [-0.3, -0.25) is 9.69 Å². The standard InChI is InChI=1S/C13H25N3O3/c1-14-8-13(18)15-4-2-11(3-5-15)16-6-7-19-10-12(16)9-17/h11-12,14,17H,2-10H2,1H3. The molecule has 6 nitrogen and oxygen atoms in total. The SMILES string of the molecule is CNCC(=O)N1CCC(N2CCOCC2CO)CC1. The summed E-state index contributed by atoms with van der Waals surface area (Å²) in [5.74, 6) is 0.182. The number of rotatable bonds is 4. The number of likely N-dealkylation sites (N-methyl/N-ethyl adjacent to an activating group) is 1. The van der Waals surface area contributed by atoms with Gasteiger partial charge in [0, 0.05) is 25.7 Å². The van der Waals surface area contributed by atoms with Crippen molar-refractivity contribution in [3.63, 3.8) is 0 Å². The molecule has 0 aliphatic carbocycles. The number of hydrogen-bond acceptors (Lipinski definition) is 5. The third kappa shape index (κ3) is 3.66. The zero-order valence-electron chi connectivity index (χ0n) is 11.7. The third-order valence-electron chi connectivity index (χ3n) is 4.10. The molecule has 2 aliphatic heterocycles. The molecular weight excluding hydrogens is 246 g/mol. The van der Waals surface area contributed by atoms with E-state index in [9.17, 15) is 9.90 Å². The zero-order valence-corrected chi connectivity index (χ0v) is 11.7. The molecular formula is C13H25N3O3. The predicted molar refractivity (Wildman–Crippen MR) is 71.9 cm³/mol. The number of ether oxygens (including phenoxy) is 1. The van der Waals surface area contributed by atoms with Gasteiger partial charge in [0.15, 0.2) is 0 Å². The summed E-state index contributed by atoms with van der Waals surface area (Å²) in [4.78, 5) is 16.1. The lowest BCUT2D eigenvalue weighted by molar-refractivity contribution is -0.132. The number of aliphatic hydroxyl groups excluding tert-OH is 1. The molecule has 2 saturated heterocycles. The Morgan fingerprint density at radius 2 is 2.11 bits per heavy atom. The second-order valence-electron chi connectivity index (χ2n) is 5.29. The zero-order chi connectivity index (χ0) is 13.7. The van der Waals surface area contributed by atoms with Crippen LogP contribution in [0, 0.1) is 0 Å². The van der Waals surface area contributed by atoms with E-state index in [2.05, 4.69) is 10.2 Å². The average molecular weight is 271 g/mol. The van der Waals surface area contributed by atoms with Gasteiger partial charge >= 0.3 is 0 Å². The van der Waals surface area contributed by atoms with Crippen molar-refractivity contribution in [3.8, 4) is 0 Å². The Hall–Kier alpha value is -0.690. The van der Waals surface area contributed by atoms with E-state index in [-0.39, 0.29) is 18.6 Å². The number of carbonyl (C=O) groups is 1. The van der Waals surface area contributed by atoms with Crippen molar-refractivity contribution in [1.82, 2.24) is 15.1 Å². The van der Waals surface area contributed by atoms with Gasteiger partial charge in [-0.15, -0.1) is 0 Å². The number of carbonyl (C=O) groups excluding carboxylic acids is 1. The monoisotopic (exact) mass is 271 g/mol. The number of morpholine rings is 1. The van der Waals surface area contributed by atoms with E-state index in [0.29, 0.717) is 19.2 Å². The van der Waals surface area contributed by atoms with Gasteiger partial charge < -0.3 is 20.1 Å². The van der Waals surface area contributed by atoms with Crippen LogP contribution in [-0.2, 0) is 9.53 Å². The molecule has 1 amide bonds. The first-order valence-electron chi connectivity index (χ1n) is 7.13. The fourth-order valence-electron chi connectivity index (χ4n) is 3.02. The molecule has 0 spiro atoms. The molecule has 2 aliphatic rings. The van der Waals surface area contributed by atoms with Crippen LogP contribution in [0.25, 0.3) is 0 Å². The second kappa shape index (κ2) is 7.19. The summed E-state index contributed by atoms with van der Waals surface area (Å²) in [7, 11) is 1.80. The van der Waals surface area contributed by atoms with E-state index in [1.807, 2.05) is 4.90 Å². The normalized spacial score (nSPS) is 26.6. The highest BCUT2D eigenvalue weighted by Crippen LogP contribution is 2.20. The van der Waals surface area contributed by atoms with Crippen LogP contribution in [0.15, 0.2) is 0 Å². The van der Waals surface area contributed by atoms with E-state index in [4.69, 9.17) is 4.74 Å².